The van der Waals surface area contributed by atoms with E-state index in [0.29, 0.717) is 6.08 Å². The summed E-state index contributed by atoms with van der Waals surface area (Å²) in [7, 11) is 0. The van der Waals surface area contributed by atoms with E-state index in [1.54, 1.807) is 0 Å². The third-order valence-electron chi connectivity index (χ3n) is 5.89. The maximum atomic E-state index is 14.9. The molecule has 35 heavy (non-hydrogen) atoms. The van der Waals surface area contributed by atoms with Crippen molar-refractivity contribution in [3.63, 3.8) is 0 Å². The number of Topliss-reactive ketones (excluding diaryl/α,β-unsaturated/α-hetero) is 1. The molecule has 0 heterocycles. The number of hydrogen-bond donors (Lipinski definition) is 0. The number of carbonyl (C=O) groups is 1. The monoisotopic (exact) mass is 620 g/mol. The molecular formula is C24H18BrCl3F6O. The van der Waals surface area contributed by atoms with Gasteiger partial charge in [-0.3, -0.25) is 4.79 Å². The van der Waals surface area contributed by atoms with Crippen LogP contribution in [0, 0.1) is 5.92 Å². The Balaban J connectivity index is 1.83. The van der Waals surface area contributed by atoms with Crippen LogP contribution < -0.4 is 0 Å². The number of alkyl halides is 5. The summed E-state index contributed by atoms with van der Waals surface area (Å²) < 4.78 is 83.0. The molecular weight excluding hydrogens is 605 g/mol. The first-order valence-corrected chi connectivity index (χ1v) is 12.4. The number of halogens is 10. The summed E-state index contributed by atoms with van der Waals surface area (Å²) in [6, 6.07) is 5.62. The Bertz CT molecular complexity index is 1120. The second kappa shape index (κ2) is 11.0. The van der Waals surface area contributed by atoms with Crippen LogP contribution in [0.5, 0.6) is 0 Å². The van der Waals surface area contributed by atoms with Crippen LogP contribution in [0.2, 0.25) is 15.1 Å². The van der Waals surface area contributed by atoms with E-state index in [1.807, 2.05) is 0 Å². The van der Waals surface area contributed by atoms with Crippen LogP contribution in [0.3, 0.4) is 0 Å². The van der Waals surface area contributed by atoms with Gasteiger partial charge in [0.25, 0.3) is 0 Å². The molecule has 0 spiro atoms. The first-order valence-electron chi connectivity index (χ1n) is 10.5. The van der Waals surface area contributed by atoms with Crippen molar-refractivity contribution in [1.82, 2.24) is 0 Å². The van der Waals surface area contributed by atoms with Gasteiger partial charge in [0.15, 0.2) is 5.78 Å². The van der Waals surface area contributed by atoms with E-state index in [4.69, 9.17) is 34.8 Å². The second-order valence-corrected chi connectivity index (χ2v) is 10.5. The average Bonchev–Trinajstić information content (AvgIpc) is 2.75. The quantitative estimate of drug-likeness (QED) is 0.178. The predicted molar refractivity (Wildman–Crippen MR) is 129 cm³/mol. The zero-order valence-corrected chi connectivity index (χ0v) is 21.7. The summed E-state index contributed by atoms with van der Waals surface area (Å²) in [4.78, 5) is 12.7. The molecule has 1 saturated carbocycles. The standard InChI is InChI=1S/C24H18BrCl3F6O/c25-17-8-13(1-2-15(17)21(35)7-12-3-5-23(30,31)6-4-12)20(29)11-16(24(32,33)34)14-9-18(26)22(28)19(27)10-14/h1-2,8-12,16H,3-7H2/b20-11-. The smallest absolute Gasteiger partial charge is 0.294 e. The first kappa shape index (κ1) is 28.4. The van der Waals surface area contributed by atoms with Crippen molar-refractivity contribution >= 4 is 62.3 Å². The molecule has 0 saturated heterocycles. The van der Waals surface area contributed by atoms with Crippen molar-refractivity contribution in [1.29, 1.82) is 0 Å². The number of rotatable bonds is 6. The Morgan fingerprint density at radius 2 is 1.66 bits per heavy atom. The molecule has 0 aliphatic heterocycles. The van der Waals surface area contributed by atoms with Crippen molar-refractivity contribution in [2.24, 2.45) is 5.92 Å². The molecule has 0 N–H and O–H groups in total. The summed E-state index contributed by atoms with van der Waals surface area (Å²) in [5.41, 5.74) is -0.385. The zero-order chi connectivity index (χ0) is 26.1. The number of ketones is 1. The van der Waals surface area contributed by atoms with E-state index in [0.717, 1.165) is 12.1 Å². The van der Waals surface area contributed by atoms with Gasteiger partial charge in [-0.25, -0.2) is 13.2 Å². The largest absolute Gasteiger partial charge is 0.399 e. The molecule has 0 radical (unpaired) electrons. The lowest BCUT2D eigenvalue weighted by atomic mass is 9.83. The SMILES string of the molecule is O=C(CC1CCC(F)(F)CC1)c1ccc(/C(F)=C/C(c2cc(Cl)c(Cl)c(Cl)c2)C(F)(F)F)cc1Br. The second-order valence-electron chi connectivity index (χ2n) is 8.45. The van der Waals surface area contributed by atoms with Gasteiger partial charge >= 0.3 is 6.18 Å². The van der Waals surface area contributed by atoms with Crippen LogP contribution in [0.15, 0.2) is 40.9 Å². The fourth-order valence-corrected chi connectivity index (χ4v) is 5.16. The van der Waals surface area contributed by atoms with Gasteiger partial charge in [-0.2, -0.15) is 13.2 Å². The van der Waals surface area contributed by atoms with Crippen molar-refractivity contribution in [2.75, 3.05) is 0 Å². The van der Waals surface area contributed by atoms with E-state index in [9.17, 15) is 31.1 Å². The van der Waals surface area contributed by atoms with E-state index in [-0.39, 0.29) is 74.5 Å². The third kappa shape index (κ3) is 7.18. The lowest BCUT2D eigenvalue weighted by Gasteiger charge is -2.27. The minimum Gasteiger partial charge on any atom is -0.294 e. The fraction of sp³-hybridized carbons (Fsp3) is 0.375. The Kier molecular flexibility index (Phi) is 8.94. The molecule has 1 aliphatic rings. The number of benzene rings is 2. The third-order valence-corrected chi connectivity index (χ3v) is 7.74. The Morgan fingerprint density at radius 3 is 2.17 bits per heavy atom. The highest BCUT2D eigenvalue weighted by Crippen LogP contribution is 2.43. The highest BCUT2D eigenvalue weighted by Gasteiger charge is 2.40. The summed E-state index contributed by atoms with van der Waals surface area (Å²) in [5, 5.41) is -0.525. The Hall–Kier alpha value is -1.22. The summed E-state index contributed by atoms with van der Waals surface area (Å²) in [6.07, 6.45) is -4.51. The maximum absolute atomic E-state index is 14.9. The Labute approximate surface area is 221 Å². The molecule has 0 bridgehead atoms. The molecule has 2 aromatic rings. The van der Waals surface area contributed by atoms with Gasteiger partial charge in [0.05, 0.1) is 15.1 Å². The van der Waals surface area contributed by atoms with Gasteiger partial charge in [-0.05, 0) is 54.7 Å². The molecule has 1 aliphatic carbocycles. The Morgan fingerprint density at radius 1 is 1.09 bits per heavy atom. The van der Waals surface area contributed by atoms with Crippen LogP contribution in [-0.2, 0) is 0 Å². The fourth-order valence-electron chi connectivity index (χ4n) is 3.94. The first-order chi connectivity index (χ1) is 16.2. The lowest BCUT2D eigenvalue weighted by molar-refractivity contribution is -0.139. The minimum absolute atomic E-state index is 0.0561. The van der Waals surface area contributed by atoms with Crippen LogP contribution in [-0.4, -0.2) is 17.9 Å². The number of allylic oxidation sites excluding steroid dienone is 1. The van der Waals surface area contributed by atoms with Crippen molar-refractivity contribution in [2.45, 2.75) is 50.1 Å². The van der Waals surface area contributed by atoms with Gasteiger partial charge in [-0.15, -0.1) is 0 Å². The molecule has 0 aromatic heterocycles. The van der Waals surface area contributed by atoms with Crippen LogP contribution in [0.4, 0.5) is 26.3 Å². The molecule has 1 atom stereocenters. The molecule has 0 amide bonds. The van der Waals surface area contributed by atoms with Crippen LogP contribution >= 0.6 is 50.7 Å². The van der Waals surface area contributed by atoms with Crippen LogP contribution in [0.25, 0.3) is 5.83 Å². The molecule has 3 rings (SSSR count). The summed E-state index contributed by atoms with van der Waals surface area (Å²) in [6.45, 7) is 0. The minimum atomic E-state index is -4.86. The van der Waals surface area contributed by atoms with Gasteiger partial charge in [-0.1, -0.05) is 56.8 Å². The summed E-state index contributed by atoms with van der Waals surface area (Å²) in [5.74, 6) is -6.75. The molecule has 190 valence electrons. The molecule has 1 fully saturated rings. The summed E-state index contributed by atoms with van der Waals surface area (Å²) >= 11 is 20.7. The highest BCUT2D eigenvalue weighted by molar-refractivity contribution is 9.10. The normalized spacial score (nSPS) is 17.9. The van der Waals surface area contributed by atoms with Gasteiger partial charge in [0, 0.05) is 34.9 Å². The maximum Gasteiger partial charge on any atom is 0.399 e. The molecule has 1 nitrogen and oxygen atoms in total. The van der Waals surface area contributed by atoms with Crippen molar-refractivity contribution in [3.05, 3.63) is 72.6 Å². The number of hydrogen-bond acceptors (Lipinski definition) is 1. The highest BCUT2D eigenvalue weighted by atomic mass is 79.9. The van der Waals surface area contributed by atoms with E-state index in [2.05, 4.69) is 15.9 Å². The molecule has 1 unspecified atom stereocenters. The average molecular weight is 623 g/mol. The predicted octanol–water partition coefficient (Wildman–Crippen LogP) is 10.5. The topological polar surface area (TPSA) is 17.1 Å². The van der Waals surface area contributed by atoms with Gasteiger partial charge in [0.2, 0.25) is 5.92 Å². The van der Waals surface area contributed by atoms with E-state index < -0.39 is 29.4 Å². The van der Waals surface area contributed by atoms with Crippen molar-refractivity contribution < 1.29 is 31.1 Å². The van der Waals surface area contributed by atoms with Gasteiger partial charge < -0.3 is 0 Å². The lowest BCUT2D eigenvalue weighted by Crippen LogP contribution is -2.25. The van der Waals surface area contributed by atoms with E-state index >= 15 is 0 Å². The molecule has 2 aromatic carbocycles. The van der Waals surface area contributed by atoms with Gasteiger partial charge in [0.1, 0.15) is 11.7 Å². The molecule has 11 heteroatoms. The van der Waals surface area contributed by atoms with Crippen LogP contribution in [0.1, 0.15) is 59.5 Å². The zero-order valence-electron chi connectivity index (χ0n) is 17.8. The van der Waals surface area contributed by atoms with E-state index in [1.165, 1.54) is 18.2 Å². The number of carbonyl (C=O) groups excluding carboxylic acids is 1. The van der Waals surface area contributed by atoms with Crippen molar-refractivity contribution in [3.8, 4) is 0 Å².